The lowest BCUT2D eigenvalue weighted by Crippen LogP contribution is -2.27. The first-order valence-corrected chi connectivity index (χ1v) is 3.82. The summed E-state index contributed by atoms with van der Waals surface area (Å²) < 4.78 is 26.9. The lowest BCUT2D eigenvalue weighted by Gasteiger charge is -2.02. The van der Waals surface area contributed by atoms with Crippen molar-refractivity contribution < 1.29 is 13.0 Å². The third kappa shape index (κ3) is 2.51. The standard InChI is InChI=1S/C2H7NO3S2/c1-3-2(7)8(4,5)6/h2-3,7H,1H3,(H,4,5,6). The van der Waals surface area contributed by atoms with Gasteiger partial charge in [0, 0.05) is 0 Å². The van der Waals surface area contributed by atoms with Gasteiger partial charge in [0.15, 0.2) is 4.71 Å². The first-order valence-electron chi connectivity index (χ1n) is 1.80. The van der Waals surface area contributed by atoms with Crippen molar-refractivity contribution in [2.75, 3.05) is 7.05 Å². The molecular weight excluding hydrogens is 150 g/mol. The van der Waals surface area contributed by atoms with Crippen molar-refractivity contribution in [3.8, 4) is 0 Å². The van der Waals surface area contributed by atoms with Gasteiger partial charge in [0.05, 0.1) is 0 Å². The predicted octanol–water partition coefficient (Wildman–Crippen LogP) is -0.693. The van der Waals surface area contributed by atoms with Crippen molar-refractivity contribution in [1.29, 1.82) is 0 Å². The average Bonchev–Trinajstić information content (AvgIpc) is 1.62. The molecule has 0 bridgehead atoms. The second kappa shape index (κ2) is 2.67. The van der Waals surface area contributed by atoms with Crippen LogP contribution < -0.4 is 5.32 Å². The molecule has 0 fully saturated rings. The number of hydrogen-bond acceptors (Lipinski definition) is 4. The molecule has 0 aliphatic carbocycles. The highest BCUT2D eigenvalue weighted by Gasteiger charge is 2.13. The first-order chi connectivity index (χ1) is 3.48. The molecule has 0 spiro atoms. The molecule has 0 aromatic carbocycles. The molecule has 0 aliphatic rings. The third-order valence-electron chi connectivity index (χ3n) is 0.529. The maximum absolute atomic E-state index is 9.98. The smallest absolute Gasteiger partial charge is 0.290 e. The Morgan fingerprint density at radius 1 is 1.75 bits per heavy atom. The van der Waals surface area contributed by atoms with Gasteiger partial charge in [-0.25, -0.2) is 0 Å². The van der Waals surface area contributed by atoms with Crippen molar-refractivity contribution in [3.05, 3.63) is 0 Å². The molecule has 0 aromatic rings. The van der Waals surface area contributed by atoms with Gasteiger partial charge in [0.25, 0.3) is 10.1 Å². The van der Waals surface area contributed by atoms with Gasteiger partial charge < -0.3 is 0 Å². The average molecular weight is 157 g/mol. The molecule has 0 aliphatic heterocycles. The van der Waals surface area contributed by atoms with E-state index in [0.29, 0.717) is 0 Å². The molecule has 0 heterocycles. The molecule has 0 amide bonds. The molecular formula is C2H7NO3S2. The number of thiol groups is 1. The van der Waals surface area contributed by atoms with Crippen molar-refractivity contribution in [2.24, 2.45) is 0 Å². The lowest BCUT2D eigenvalue weighted by molar-refractivity contribution is 0.475. The molecule has 4 nitrogen and oxygen atoms in total. The van der Waals surface area contributed by atoms with Crippen LogP contribution in [0.1, 0.15) is 0 Å². The summed E-state index contributed by atoms with van der Waals surface area (Å²) in [6.07, 6.45) is 0. The summed E-state index contributed by atoms with van der Waals surface area (Å²) in [6, 6.07) is 0. The van der Waals surface area contributed by atoms with Crippen molar-refractivity contribution >= 4 is 22.7 Å². The van der Waals surface area contributed by atoms with Crippen LogP contribution in [-0.2, 0) is 10.1 Å². The van der Waals surface area contributed by atoms with E-state index in [4.69, 9.17) is 4.55 Å². The SMILES string of the molecule is CNC(S)S(=O)(=O)O. The van der Waals surface area contributed by atoms with E-state index >= 15 is 0 Å². The molecule has 0 rings (SSSR count). The molecule has 2 N–H and O–H groups in total. The molecule has 0 aromatic heterocycles. The minimum atomic E-state index is -4.00. The number of nitrogens with one attached hydrogen (secondary N) is 1. The third-order valence-corrected chi connectivity index (χ3v) is 2.39. The Hall–Kier alpha value is 0.220. The maximum Gasteiger partial charge on any atom is 0.290 e. The van der Waals surface area contributed by atoms with E-state index in [0.717, 1.165) is 0 Å². The fourth-order valence-corrected chi connectivity index (χ4v) is 0.447. The zero-order valence-corrected chi connectivity index (χ0v) is 5.91. The zero-order chi connectivity index (χ0) is 6.78. The summed E-state index contributed by atoms with van der Waals surface area (Å²) in [5.74, 6) is 0. The zero-order valence-electron chi connectivity index (χ0n) is 4.20. The minimum Gasteiger partial charge on any atom is -0.294 e. The van der Waals surface area contributed by atoms with Gasteiger partial charge in [-0.05, 0) is 7.05 Å². The molecule has 0 radical (unpaired) electrons. The summed E-state index contributed by atoms with van der Waals surface area (Å²) in [5.41, 5.74) is 0. The fraction of sp³-hybridized carbons (Fsp3) is 1.00. The largest absolute Gasteiger partial charge is 0.294 e. The Bertz CT molecular complexity index is 151. The Balaban J connectivity index is 4.04. The highest BCUT2D eigenvalue weighted by atomic mass is 32.3. The molecule has 1 unspecified atom stereocenters. The van der Waals surface area contributed by atoms with Crippen LogP contribution in [-0.4, -0.2) is 24.7 Å². The van der Waals surface area contributed by atoms with Crippen LogP contribution in [0.5, 0.6) is 0 Å². The molecule has 6 heteroatoms. The van der Waals surface area contributed by atoms with Crippen molar-refractivity contribution in [2.45, 2.75) is 4.71 Å². The molecule has 50 valence electrons. The second-order valence-corrected chi connectivity index (χ2v) is 3.52. The lowest BCUT2D eigenvalue weighted by atomic mass is 11.2. The normalized spacial score (nSPS) is 15.9. The van der Waals surface area contributed by atoms with E-state index in [1.807, 2.05) is 0 Å². The van der Waals surface area contributed by atoms with Crippen LogP contribution in [0, 0.1) is 0 Å². The van der Waals surface area contributed by atoms with Crippen molar-refractivity contribution in [1.82, 2.24) is 5.32 Å². The molecule has 1 atom stereocenters. The Kier molecular flexibility index (Phi) is 2.75. The van der Waals surface area contributed by atoms with Crippen LogP contribution in [0.3, 0.4) is 0 Å². The van der Waals surface area contributed by atoms with Crippen LogP contribution in [0.15, 0.2) is 0 Å². The summed E-state index contributed by atoms with van der Waals surface area (Å²) in [5, 5.41) is 2.23. The van der Waals surface area contributed by atoms with Crippen LogP contribution >= 0.6 is 12.6 Å². The quantitative estimate of drug-likeness (QED) is 0.282. The van der Waals surface area contributed by atoms with Gasteiger partial charge in [0.2, 0.25) is 0 Å². The molecule has 0 saturated carbocycles. The molecule has 8 heavy (non-hydrogen) atoms. The van der Waals surface area contributed by atoms with E-state index in [1.165, 1.54) is 7.05 Å². The second-order valence-electron chi connectivity index (χ2n) is 1.16. The van der Waals surface area contributed by atoms with E-state index in [2.05, 4.69) is 17.9 Å². The van der Waals surface area contributed by atoms with Gasteiger partial charge >= 0.3 is 0 Å². The van der Waals surface area contributed by atoms with E-state index < -0.39 is 14.8 Å². The summed E-state index contributed by atoms with van der Waals surface area (Å²) in [4.78, 5) is 0. The predicted molar refractivity (Wildman–Crippen MR) is 33.4 cm³/mol. The van der Waals surface area contributed by atoms with Gasteiger partial charge in [-0.3, -0.25) is 9.87 Å². The minimum absolute atomic E-state index is 1.18. The fourth-order valence-electron chi connectivity index (χ4n) is 0.149. The molecule has 0 saturated heterocycles. The number of hydrogen-bond donors (Lipinski definition) is 3. The van der Waals surface area contributed by atoms with Gasteiger partial charge in [-0.15, -0.1) is 12.6 Å². The Morgan fingerprint density at radius 3 is 2.12 bits per heavy atom. The van der Waals surface area contributed by atoms with E-state index in [-0.39, 0.29) is 0 Å². The van der Waals surface area contributed by atoms with Gasteiger partial charge in [-0.1, -0.05) is 0 Å². The maximum atomic E-state index is 9.98. The van der Waals surface area contributed by atoms with Crippen LogP contribution in [0.2, 0.25) is 0 Å². The van der Waals surface area contributed by atoms with Gasteiger partial charge in [0.1, 0.15) is 0 Å². The van der Waals surface area contributed by atoms with Crippen LogP contribution in [0.4, 0.5) is 0 Å². The highest BCUT2D eigenvalue weighted by molar-refractivity contribution is 8.01. The van der Waals surface area contributed by atoms with E-state index in [9.17, 15) is 8.42 Å². The monoisotopic (exact) mass is 157 g/mol. The summed E-state index contributed by atoms with van der Waals surface area (Å²) in [7, 11) is -2.62. The van der Waals surface area contributed by atoms with Crippen LogP contribution in [0.25, 0.3) is 0 Å². The topological polar surface area (TPSA) is 66.4 Å². The summed E-state index contributed by atoms with van der Waals surface area (Å²) >= 11 is 3.46. The number of rotatable bonds is 2. The van der Waals surface area contributed by atoms with Gasteiger partial charge in [-0.2, -0.15) is 8.42 Å². The van der Waals surface area contributed by atoms with E-state index in [1.54, 1.807) is 0 Å². The summed E-state index contributed by atoms with van der Waals surface area (Å²) in [6.45, 7) is 0. The Morgan fingerprint density at radius 2 is 2.12 bits per heavy atom. The first kappa shape index (κ1) is 8.22. The Labute approximate surface area is 53.4 Å². The highest BCUT2D eigenvalue weighted by Crippen LogP contribution is 1.95. The van der Waals surface area contributed by atoms with Crippen molar-refractivity contribution in [3.63, 3.8) is 0 Å².